The largest absolute Gasteiger partial charge is 0.338 e. The zero-order valence-corrected chi connectivity index (χ0v) is 16.1. The number of aromatic nitrogens is 2. The Balaban J connectivity index is 0.00000210. The van der Waals surface area contributed by atoms with Crippen LogP contribution in [0.1, 0.15) is 25.7 Å². The molecule has 0 unspecified atom stereocenters. The van der Waals surface area contributed by atoms with Crippen molar-refractivity contribution in [2.24, 2.45) is 0 Å². The first-order valence-corrected chi connectivity index (χ1v) is 9.36. The minimum atomic E-state index is 0. The van der Waals surface area contributed by atoms with Crippen molar-refractivity contribution in [2.45, 2.75) is 25.7 Å². The maximum Gasteiger partial charge on any atom is 0.225 e. The summed E-state index contributed by atoms with van der Waals surface area (Å²) < 4.78 is 0. The van der Waals surface area contributed by atoms with Crippen LogP contribution in [0.25, 0.3) is 22.4 Å². The molecule has 0 aliphatic carbocycles. The van der Waals surface area contributed by atoms with Crippen molar-refractivity contribution in [3.05, 3.63) is 48.5 Å². The first-order chi connectivity index (χ1) is 12.8. The topological polar surface area (TPSA) is 61.0 Å². The fourth-order valence-electron chi connectivity index (χ4n) is 3.53. The summed E-state index contributed by atoms with van der Waals surface area (Å²) >= 11 is 0. The summed E-state index contributed by atoms with van der Waals surface area (Å²) in [5.41, 5.74) is 3.63. The molecular weight excluding hydrogens is 360 g/mol. The van der Waals surface area contributed by atoms with Gasteiger partial charge in [0.25, 0.3) is 0 Å². The van der Waals surface area contributed by atoms with Gasteiger partial charge in [-0.3, -0.25) is 4.79 Å². The van der Waals surface area contributed by atoms with Crippen LogP contribution in [-0.2, 0) is 4.79 Å². The SMILES string of the molecule is Cl.O=C(CCN1CCCCC1)Nc1ccccc1-c1nc2ccccc2[nH]1. The summed E-state index contributed by atoms with van der Waals surface area (Å²) in [4.78, 5) is 22.8. The molecule has 1 aromatic heterocycles. The van der Waals surface area contributed by atoms with E-state index in [1.807, 2.05) is 48.5 Å². The number of para-hydroxylation sites is 3. The Morgan fingerprint density at radius 1 is 1.04 bits per heavy atom. The maximum absolute atomic E-state index is 12.4. The summed E-state index contributed by atoms with van der Waals surface area (Å²) in [5, 5.41) is 3.07. The molecule has 4 rings (SSSR count). The Hall–Kier alpha value is -2.37. The number of benzene rings is 2. The normalized spacial score (nSPS) is 14.7. The van der Waals surface area contributed by atoms with E-state index < -0.39 is 0 Å². The van der Waals surface area contributed by atoms with Crippen molar-refractivity contribution in [3.63, 3.8) is 0 Å². The van der Waals surface area contributed by atoms with E-state index in [-0.39, 0.29) is 18.3 Å². The number of hydrogen-bond acceptors (Lipinski definition) is 3. The minimum Gasteiger partial charge on any atom is -0.338 e. The second kappa shape index (κ2) is 9.02. The van der Waals surface area contributed by atoms with Crippen LogP contribution in [0.2, 0.25) is 0 Å². The Morgan fingerprint density at radius 3 is 2.59 bits per heavy atom. The highest BCUT2D eigenvalue weighted by atomic mass is 35.5. The van der Waals surface area contributed by atoms with Crippen LogP contribution in [-0.4, -0.2) is 40.4 Å². The number of nitrogens with one attached hydrogen (secondary N) is 2. The van der Waals surface area contributed by atoms with E-state index in [0.717, 1.165) is 47.7 Å². The molecule has 1 fully saturated rings. The van der Waals surface area contributed by atoms with Gasteiger partial charge in [0, 0.05) is 18.5 Å². The second-order valence-electron chi connectivity index (χ2n) is 6.85. The number of anilines is 1. The van der Waals surface area contributed by atoms with Crippen LogP contribution in [0.3, 0.4) is 0 Å². The van der Waals surface area contributed by atoms with E-state index in [4.69, 9.17) is 0 Å². The standard InChI is InChI=1S/C21H24N4O.ClH/c26-20(12-15-25-13-6-1-7-14-25)22-17-9-3-2-8-16(17)21-23-18-10-4-5-11-19(18)24-21;/h2-5,8-11H,1,6-7,12-15H2,(H,22,26)(H,23,24);1H. The molecule has 2 N–H and O–H groups in total. The summed E-state index contributed by atoms with van der Waals surface area (Å²) in [7, 11) is 0. The number of H-pyrrole nitrogens is 1. The van der Waals surface area contributed by atoms with E-state index in [9.17, 15) is 4.79 Å². The van der Waals surface area contributed by atoms with Crippen molar-refractivity contribution >= 4 is 35.0 Å². The summed E-state index contributed by atoms with van der Waals surface area (Å²) in [6, 6.07) is 15.8. The lowest BCUT2D eigenvalue weighted by Crippen LogP contribution is -2.32. The predicted molar refractivity (Wildman–Crippen MR) is 112 cm³/mol. The number of nitrogens with zero attached hydrogens (tertiary/aromatic N) is 2. The molecule has 1 aliphatic rings. The molecule has 5 nitrogen and oxygen atoms in total. The lowest BCUT2D eigenvalue weighted by molar-refractivity contribution is -0.116. The first-order valence-electron chi connectivity index (χ1n) is 9.36. The fourth-order valence-corrected chi connectivity index (χ4v) is 3.53. The smallest absolute Gasteiger partial charge is 0.225 e. The predicted octanol–water partition coefficient (Wildman–Crippen LogP) is 4.47. The molecule has 0 spiro atoms. The molecule has 1 amide bonds. The summed E-state index contributed by atoms with van der Waals surface area (Å²) in [6.07, 6.45) is 4.33. The van der Waals surface area contributed by atoms with E-state index >= 15 is 0 Å². The van der Waals surface area contributed by atoms with Gasteiger partial charge in [0.15, 0.2) is 0 Å². The van der Waals surface area contributed by atoms with Gasteiger partial charge in [-0.1, -0.05) is 30.7 Å². The number of imidazole rings is 1. The molecular formula is C21H25ClN4O. The molecule has 0 saturated carbocycles. The fraction of sp³-hybridized carbons (Fsp3) is 0.333. The quantitative estimate of drug-likeness (QED) is 0.682. The summed E-state index contributed by atoms with van der Waals surface area (Å²) in [6.45, 7) is 3.06. The number of likely N-dealkylation sites (tertiary alicyclic amines) is 1. The molecule has 0 bridgehead atoms. The lowest BCUT2D eigenvalue weighted by atomic mass is 10.1. The second-order valence-corrected chi connectivity index (χ2v) is 6.85. The molecule has 1 aliphatic heterocycles. The van der Waals surface area contributed by atoms with Crippen LogP contribution >= 0.6 is 12.4 Å². The number of aromatic amines is 1. The first kappa shape index (κ1) is 19.4. The van der Waals surface area contributed by atoms with Crippen molar-refractivity contribution in [1.29, 1.82) is 0 Å². The highest BCUT2D eigenvalue weighted by Crippen LogP contribution is 2.27. The number of carbonyl (C=O) groups excluding carboxylic acids is 1. The third kappa shape index (κ3) is 4.67. The number of fused-ring (bicyclic) bond motifs is 1. The van der Waals surface area contributed by atoms with Gasteiger partial charge in [0.05, 0.1) is 16.7 Å². The van der Waals surface area contributed by atoms with Gasteiger partial charge < -0.3 is 15.2 Å². The zero-order chi connectivity index (χ0) is 17.8. The third-order valence-corrected chi connectivity index (χ3v) is 4.95. The van der Waals surface area contributed by atoms with Gasteiger partial charge in [-0.25, -0.2) is 4.98 Å². The van der Waals surface area contributed by atoms with Gasteiger partial charge in [-0.05, 0) is 50.2 Å². The van der Waals surface area contributed by atoms with Crippen molar-refractivity contribution < 1.29 is 4.79 Å². The van der Waals surface area contributed by atoms with E-state index in [1.165, 1.54) is 19.3 Å². The van der Waals surface area contributed by atoms with Crippen molar-refractivity contribution in [2.75, 3.05) is 25.0 Å². The number of carbonyl (C=O) groups is 1. The Kier molecular flexibility index (Phi) is 6.48. The van der Waals surface area contributed by atoms with E-state index in [1.54, 1.807) is 0 Å². The molecule has 3 aromatic rings. The summed E-state index contributed by atoms with van der Waals surface area (Å²) in [5.74, 6) is 0.831. The van der Waals surface area contributed by atoms with Crippen LogP contribution < -0.4 is 5.32 Å². The monoisotopic (exact) mass is 384 g/mol. The molecule has 0 atom stereocenters. The van der Waals surface area contributed by atoms with Crippen molar-refractivity contribution in [3.8, 4) is 11.4 Å². The van der Waals surface area contributed by atoms with Gasteiger partial charge >= 0.3 is 0 Å². The lowest BCUT2D eigenvalue weighted by Gasteiger charge is -2.26. The van der Waals surface area contributed by atoms with Gasteiger partial charge in [0.2, 0.25) is 5.91 Å². The molecule has 2 heterocycles. The Morgan fingerprint density at radius 2 is 1.78 bits per heavy atom. The minimum absolute atomic E-state index is 0. The average molecular weight is 385 g/mol. The molecule has 1 saturated heterocycles. The van der Waals surface area contributed by atoms with Gasteiger partial charge in [-0.2, -0.15) is 0 Å². The molecule has 142 valence electrons. The molecule has 6 heteroatoms. The van der Waals surface area contributed by atoms with Crippen molar-refractivity contribution in [1.82, 2.24) is 14.9 Å². The maximum atomic E-state index is 12.4. The van der Waals surface area contributed by atoms with Crippen LogP contribution in [0.4, 0.5) is 5.69 Å². The Labute approximate surface area is 165 Å². The molecule has 0 radical (unpaired) electrons. The van der Waals surface area contributed by atoms with Gasteiger partial charge in [0.1, 0.15) is 5.82 Å². The average Bonchev–Trinajstić information content (AvgIpc) is 3.12. The van der Waals surface area contributed by atoms with Crippen LogP contribution in [0.15, 0.2) is 48.5 Å². The third-order valence-electron chi connectivity index (χ3n) is 4.95. The number of rotatable bonds is 5. The van der Waals surface area contributed by atoms with Gasteiger partial charge in [-0.15, -0.1) is 12.4 Å². The van der Waals surface area contributed by atoms with E-state index in [2.05, 4.69) is 20.2 Å². The number of amides is 1. The number of halogens is 1. The zero-order valence-electron chi connectivity index (χ0n) is 15.3. The highest BCUT2D eigenvalue weighted by molar-refractivity contribution is 5.95. The number of hydrogen-bond donors (Lipinski definition) is 2. The van der Waals surface area contributed by atoms with Crippen LogP contribution in [0.5, 0.6) is 0 Å². The molecule has 2 aromatic carbocycles. The Bertz CT molecular complexity index is 869. The number of piperidine rings is 1. The van der Waals surface area contributed by atoms with Crippen LogP contribution in [0, 0.1) is 0 Å². The molecule has 27 heavy (non-hydrogen) atoms. The highest BCUT2D eigenvalue weighted by Gasteiger charge is 2.14. The van der Waals surface area contributed by atoms with E-state index in [0.29, 0.717) is 6.42 Å².